The molecule has 2 aromatic heterocycles. The van der Waals surface area contributed by atoms with Gasteiger partial charge >= 0.3 is 0 Å². The van der Waals surface area contributed by atoms with Crippen molar-refractivity contribution in [2.24, 2.45) is 9.98 Å². The molecule has 1 aliphatic heterocycles. The summed E-state index contributed by atoms with van der Waals surface area (Å²) in [6.07, 6.45) is -0.712. The number of thiophene rings is 1. The van der Waals surface area contributed by atoms with Crippen molar-refractivity contribution >= 4 is 65.0 Å². The fraction of sp³-hybridized carbons (Fsp3) is 0.0196. The number of benzene rings is 8. The molecule has 3 heterocycles. The van der Waals surface area contributed by atoms with Crippen molar-refractivity contribution in [3.63, 3.8) is 0 Å². The van der Waals surface area contributed by atoms with E-state index in [1.807, 2.05) is 103 Å². The topological polar surface area (TPSA) is 41.7 Å². The molecule has 0 saturated heterocycles. The van der Waals surface area contributed by atoms with E-state index in [0.717, 1.165) is 42.4 Å². The van der Waals surface area contributed by atoms with Gasteiger partial charge in [0.05, 0.1) is 31.8 Å². The first-order valence-corrected chi connectivity index (χ1v) is 18.9. The summed E-state index contributed by atoms with van der Waals surface area (Å²) in [5.41, 5.74) is 3.27. The van der Waals surface area contributed by atoms with Gasteiger partial charge in [-0.2, -0.15) is 0 Å². The van der Waals surface area contributed by atoms with Gasteiger partial charge in [0.2, 0.25) is 0 Å². The molecular weight excluding hydrogens is 701 g/mol. The molecule has 1 aliphatic rings. The van der Waals surface area contributed by atoms with Crippen LogP contribution in [-0.2, 0) is 0 Å². The van der Waals surface area contributed by atoms with E-state index in [9.17, 15) is 6.85 Å². The lowest BCUT2D eigenvalue weighted by Crippen LogP contribution is -2.36. The monoisotopic (exact) mass is 745 g/mol. The first kappa shape index (κ1) is 23.0. The van der Waals surface area contributed by atoms with E-state index in [4.69, 9.17) is 18.2 Å². The molecule has 0 bridgehead atoms. The van der Waals surface area contributed by atoms with Gasteiger partial charge in [0.25, 0.3) is 0 Å². The Labute approximate surface area is 343 Å². The number of hydrogen-bond donors (Lipinski definition) is 1. The Bertz CT molecular complexity index is 3780. The second kappa shape index (κ2) is 13.3. The van der Waals surface area contributed by atoms with Gasteiger partial charge in [0.1, 0.15) is 11.7 Å². The summed E-state index contributed by atoms with van der Waals surface area (Å²) in [7, 11) is 0. The molecule has 8 aromatic carbocycles. The lowest BCUT2D eigenvalue weighted by Gasteiger charge is -2.24. The van der Waals surface area contributed by atoms with Crippen LogP contribution in [0.5, 0.6) is 0 Å². The number of aliphatic imine (C=N–C) groups is 2. The minimum absolute atomic E-state index is 0.0117. The minimum Gasteiger partial charge on any atom is -0.324 e. The number of para-hydroxylation sites is 1. The van der Waals surface area contributed by atoms with Crippen LogP contribution in [0.15, 0.2) is 204 Å². The summed E-state index contributed by atoms with van der Waals surface area (Å²) >= 11 is 1.65. The van der Waals surface area contributed by atoms with E-state index in [-0.39, 0.29) is 45.5 Å². The van der Waals surface area contributed by atoms with Gasteiger partial charge in [0.15, 0.2) is 6.17 Å². The molecule has 0 saturated carbocycles. The summed E-state index contributed by atoms with van der Waals surface area (Å²) in [5, 5.41) is 5.56. The highest BCUT2D eigenvalue weighted by molar-refractivity contribution is 7.26. The van der Waals surface area contributed by atoms with E-state index in [1.165, 1.54) is 6.07 Å². The van der Waals surface area contributed by atoms with Crippen molar-refractivity contribution in [1.82, 2.24) is 9.88 Å². The van der Waals surface area contributed by atoms with Gasteiger partial charge in [0, 0.05) is 42.1 Å². The van der Waals surface area contributed by atoms with Gasteiger partial charge < -0.3 is 9.88 Å². The zero-order chi connectivity index (χ0) is 46.6. The normalized spacial score (nSPS) is 17.0. The molecule has 1 unspecified atom stereocenters. The predicted octanol–water partition coefficient (Wildman–Crippen LogP) is 13.0. The molecular formula is C51H34N4S. The van der Waals surface area contributed by atoms with Crippen molar-refractivity contribution in [3.05, 3.63) is 211 Å². The zero-order valence-electron chi connectivity index (χ0n) is 40.5. The van der Waals surface area contributed by atoms with Crippen LogP contribution in [0.3, 0.4) is 0 Å². The first-order valence-electron chi connectivity index (χ1n) is 23.5. The standard InChI is InChI=1S/C51H34N4S/c1-4-15-33(16-5-1)36-27-29-40-39-21-10-12-25-44(39)55(45(40)31-36)46-32-37(38-23-14-24-42-41-22-11-13-26-47(41)56-48(38)42)28-30-43(46)51-53-49(34-17-6-2-7-18-34)52-50(54-51)35-19-8-3-9-20-35/h1-32,49H,(H,52,53,54)/i1D,4D,5D,10D,15D,16D,21D,25D,27D,29D,31D. The van der Waals surface area contributed by atoms with Crippen LogP contribution in [0.4, 0.5) is 0 Å². The van der Waals surface area contributed by atoms with Gasteiger partial charge in [-0.1, -0.05) is 164 Å². The first-order chi connectivity index (χ1) is 32.3. The number of amidine groups is 2. The van der Waals surface area contributed by atoms with Gasteiger partial charge in [-0.3, -0.25) is 0 Å². The molecule has 0 fully saturated rings. The maximum atomic E-state index is 10.0. The second-order valence-electron chi connectivity index (χ2n) is 13.3. The third kappa shape index (κ3) is 5.44. The average Bonchev–Trinajstić information content (AvgIpc) is 3.93. The van der Waals surface area contributed by atoms with E-state index in [1.54, 1.807) is 15.9 Å². The zero-order valence-corrected chi connectivity index (χ0v) is 30.3. The molecule has 10 aromatic rings. The molecule has 56 heavy (non-hydrogen) atoms. The molecule has 1 N–H and O–H groups in total. The van der Waals surface area contributed by atoms with Crippen LogP contribution in [-0.4, -0.2) is 16.2 Å². The largest absolute Gasteiger partial charge is 0.324 e. The Morgan fingerprint density at radius 1 is 0.518 bits per heavy atom. The molecule has 0 spiro atoms. The maximum absolute atomic E-state index is 10.0. The Kier molecular flexibility index (Phi) is 5.47. The van der Waals surface area contributed by atoms with Gasteiger partial charge in [-0.15, -0.1) is 11.3 Å². The minimum atomic E-state index is -0.712. The Morgan fingerprint density at radius 3 is 2.16 bits per heavy atom. The predicted molar refractivity (Wildman–Crippen MR) is 236 cm³/mol. The van der Waals surface area contributed by atoms with Crippen molar-refractivity contribution in [2.45, 2.75) is 6.17 Å². The highest BCUT2D eigenvalue weighted by Crippen LogP contribution is 2.42. The molecule has 1 atom stereocenters. The molecule has 11 rings (SSSR count). The summed E-state index contributed by atoms with van der Waals surface area (Å²) in [6, 6.07) is 34.8. The number of hydrogen-bond acceptors (Lipinski definition) is 4. The summed E-state index contributed by atoms with van der Waals surface area (Å²) in [5.74, 6) is 0.895. The highest BCUT2D eigenvalue weighted by Gasteiger charge is 2.25. The summed E-state index contributed by atoms with van der Waals surface area (Å²) in [4.78, 5) is 10.2. The van der Waals surface area contributed by atoms with E-state index in [0.29, 0.717) is 22.9 Å². The maximum Gasteiger partial charge on any atom is 0.169 e. The number of nitrogens with one attached hydrogen (secondary N) is 1. The molecule has 0 aliphatic carbocycles. The lowest BCUT2D eigenvalue weighted by molar-refractivity contribution is 0.755. The van der Waals surface area contributed by atoms with Crippen LogP contribution in [0.2, 0.25) is 0 Å². The van der Waals surface area contributed by atoms with Crippen LogP contribution < -0.4 is 5.32 Å². The van der Waals surface area contributed by atoms with Crippen LogP contribution in [0, 0.1) is 0 Å². The Morgan fingerprint density at radius 2 is 1.29 bits per heavy atom. The quantitative estimate of drug-likeness (QED) is 0.181. The number of nitrogens with zero attached hydrogens (tertiary/aromatic N) is 3. The van der Waals surface area contributed by atoms with E-state index < -0.39 is 60.1 Å². The van der Waals surface area contributed by atoms with Gasteiger partial charge in [-0.05, 0) is 58.1 Å². The Balaban J connectivity index is 1.29. The van der Waals surface area contributed by atoms with Crippen molar-refractivity contribution in [3.8, 4) is 27.9 Å². The highest BCUT2D eigenvalue weighted by atomic mass is 32.1. The molecule has 264 valence electrons. The Hall–Kier alpha value is -7.08. The third-order valence-electron chi connectivity index (χ3n) is 10.0. The van der Waals surface area contributed by atoms with E-state index >= 15 is 0 Å². The van der Waals surface area contributed by atoms with Crippen molar-refractivity contribution in [1.29, 1.82) is 0 Å². The molecule has 4 nitrogen and oxygen atoms in total. The van der Waals surface area contributed by atoms with Crippen LogP contribution in [0.25, 0.3) is 69.9 Å². The van der Waals surface area contributed by atoms with E-state index in [2.05, 4.69) is 23.5 Å². The summed E-state index contributed by atoms with van der Waals surface area (Å²) < 4.78 is 103. The smallest absolute Gasteiger partial charge is 0.169 e. The second-order valence-corrected chi connectivity index (χ2v) is 14.4. The number of fused-ring (bicyclic) bond motifs is 6. The van der Waals surface area contributed by atoms with Crippen LogP contribution >= 0.6 is 11.3 Å². The van der Waals surface area contributed by atoms with Crippen molar-refractivity contribution in [2.75, 3.05) is 0 Å². The molecule has 0 radical (unpaired) electrons. The SMILES string of the molecule is [2H]c1cc([2H])c2c(c1[2H])c1c([2H])c([2H])c(-c3c([2H])c([2H])c([2H])c([2H])c3[2H])c([2H])c1n2-c1cc(-c2cccc3c2sc2ccccc23)ccc1C1=NC(c2ccccc2)N=C(c2ccccc2)N1. The summed E-state index contributed by atoms with van der Waals surface area (Å²) in [6.45, 7) is 0. The molecule has 0 amide bonds. The number of aromatic nitrogens is 1. The lowest BCUT2D eigenvalue weighted by atomic mass is 9.99. The van der Waals surface area contributed by atoms with Crippen molar-refractivity contribution < 1.29 is 15.1 Å². The van der Waals surface area contributed by atoms with Gasteiger partial charge in [-0.25, -0.2) is 9.98 Å². The molecule has 5 heteroatoms. The average molecular weight is 746 g/mol. The fourth-order valence-corrected chi connectivity index (χ4v) is 8.70. The number of rotatable bonds is 6. The van der Waals surface area contributed by atoms with Crippen LogP contribution in [0.1, 0.15) is 37.9 Å². The third-order valence-corrected chi connectivity index (χ3v) is 11.3. The fourth-order valence-electron chi connectivity index (χ4n) is 7.46.